The summed E-state index contributed by atoms with van der Waals surface area (Å²) in [7, 11) is 0. The Kier molecular flexibility index (Phi) is 16.9. The zero-order chi connectivity index (χ0) is 18.7. The summed E-state index contributed by atoms with van der Waals surface area (Å²) < 4.78 is 0. The number of hydrogen-bond donors (Lipinski definition) is 0. The van der Waals surface area contributed by atoms with Gasteiger partial charge in [-0.25, -0.2) is 0 Å². The molecule has 0 saturated carbocycles. The Labute approximate surface area is 166 Å². The number of hydrogen-bond acceptors (Lipinski definition) is 2. The zero-order valence-corrected chi connectivity index (χ0v) is 18.5. The average molecular weight is 367 g/mol. The highest BCUT2D eigenvalue weighted by molar-refractivity contribution is 4.69. The fourth-order valence-corrected chi connectivity index (χ4v) is 4.25. The molecule has 2 heteroatoms. The van der Waals surface area contributed by atoms with E-state index in [0.717, 1.165) is 0 Å². The molecule has 1 saturated heterocycles. The van der Waals surface area contributed by atoms with Gasteiger partial charge in [0, 0.05) is 13.1 Å². The van der Waals surface area contributed by atoms with Gasteiger partial charge in [0.1, 0.15) is 0 Å². The van der Waals surface area contributed by atoms with Crippen molar-refractivity contribution in [2.75, 3.05) is 32.8 Å². The van der Waals surface area contributed by atoms with E-state index in [2.05, 4.69) is 23.6 Å². The van der Waals surface area contributed by atoms with Crippen molar-refractivity contribution in [2.24, 2.45) is 0 Å². The Morgan fingerprint density at radius 3 is 1.19 bits per heavy atom. The van der Waals surface area contributed by atoms with E-state index >= 15 is 0 Å². The van der Waals surface area contributed by atoms with E-state index in [-0.39, 0.29) is 0 Å². The molecule has 156 valence electrons. The summed E-state index contributed by atoms with van der Waals surface area (Å²) in [6, 6.07) is 0. The van der Waals surface area contributed by atoms with Gasteiger partial charge in [-0.2, -0.15) is 0 Å². The number of unbranched alkanes of at least 4 members (excludes halogenated alkanes) is 14. The molecule has 0 spiro atoms. The Hall–Kier alpha value is -0.0800. The molecule has 1 heterocycles. The fourth-order valence-electron chi connectivity index (χ4n) is 4.25. The van der Waals surface area contributed by atoms with Crippen LogP contribution in [0.2, 0.25) is 0 Å². The van der Waals surface area contributed by atoms with Crippen LogP contribution in [0.3, 0.4) is 0 Å². The van der Waals surface area contributed by atoms with Crippen molar-refractivity contribution in [3.05, 3.63) is 0 Å². The normalized spacial score (nSPS) is 16.4. The molecule has 0 aromatic carbocycles. The van der Waals surface area contributed by atoms with Crippen LogP contribution in [0.1, 0.15) is 123 Å². The molecule has 0 aromatic rings. The molecule has 0 unspecified atom stereocenters. The highest BCUT2D eigenvalue weighted by Crippen LogP contribution is 2.13. The van der Waals surface area contributed by atoms with Crippen molar-refractivity contribution < 1.29 is 0 Å². The van der Waals surface area contributed by atoms with E-state index in [9.17, 15) is 0 Å². The maximum Gasteiger partial charge on any atom is 0.0506 e. The summed E-state index contributed by atoms with van der Waals surface area (Å²) >= 11 is 0. The molecule has 0 amide bonds. The topological polar surface area (TPSA) is 6.48 Å². The molecule has 0 radical (unpaired) electrons. The van der Waals surface area contributed by atoms with Crippen LogP contribution in [0.5, 0.6) is 0 Å². The minimum absolute atomic E-state index is 1.24. The van der Waals surface area contributed by atoms with Crippen LogP contribution in [0.15, 0.2) is 0 Å². The lowest BCUT2D eigenvalue weighted by atomic mass is 10.1. The van der Waals surface area contributed by atoms with Crippen molar-refractivity contribution in [1.82, 2.24) is 9.80 Å². The second-order valence-corrected chi connectivity index (χ2v) is 8.68. The highest BCUT2D eigenvalue weighted by Gasteiger charge is 2.16. The Morgan fingerprint density at radius 2 is 0.808 bits per heavy atom. The number of rotatable bonds is 18. The van der Waals surface area contributed by atoms with Crippen LogP contribution >= 0.6 is 0 Å². The van der Waals surface area contributed by atoms with Gasteiger partial charge in [-0.1, -0.05) is 104 Å². The van der Waals surface area contributed by atoms with Gasteiger partial charge in [-0.05, 0) is 32.4 Å². The minimum Gasteiger partial charge on any atom is -0.290 e. The van der Waals surface area contributed by atoms with Gasteiger partial charge in [0.05, 0.1) is 6.67 Å². The molecule has 0 aromatic heterocycles. The molecular formula is C24H50N2. The molecule has 1 aliphatic rings. The first-order valence-electron chi connectivity index (χ1n) is 12.3. The first kappa shape index (κ1) is 24.0. The average Bonchev–Trinajstić information content (AvgIpc) is 2.66. The zero-order valence-electron chi connectivity index (χ0n) is 18.5. The van der Waals surface area contributed by atoms with Crippen molar-refractivity contribution in [2.45, 2.75) is 123 Å². The van der Waals surface area contributed by atoms with E-state index in [1.54, 1.807) is 0 Å². The molecule has 0 bridgehead atoms. The third-order valence-corrected chi connectivity index (χ3v) is 6.00. The second kappa shape index (κ2) is 18.3. The largest absolute Gasteiger partial charge is 0.290 e. The molecule has 26 heavy (non-hydrogen) atoms. The van der Waals surface area contributed by atoms with Crippen LogP contribution in [0.25, 0.3) is 0 Å². The predicted octanol–water partition coefficient (Wildman–Crippen LogP) is 7.23. The molecule has 2 nitrogen and oxygen atoms in total. The Morgan fingerprint density at radius 1 is 0.462 bits per heavy atom. The van der Waals surface area contributed by atoms with Gasteiger partial charge in [-0.15, -0.1) is 0 Å². The molecule has 0 atom stereocenters. The van der Waals surface area contributed by atoms with Gasteiger partial charge < -0.3 is 0 Å². The van der Waals surface area contributed by atoms with E-state index in [1.807, 2.05) is 0 Å². The van der Waals surface area contributed by atoms with Crippen molar-refractivity contribution >= 4 is 0 Å². The molecule has 1 fully saturated rings. The third-order valence-electron chi connectivity index (χ3n) is 6.00. The van der Waals surface area contributed by atoms with E-state index in [0.29, 0.717) is 0 Å². The molecule has 1 rings (SSSR count). The Bertz CT molecular complexity index is 253. The molecule has 0 aliphatic carbocycles. The van der Waals surface area contributed by atoms with Gasteiger partial charge in [0.25, 0.3) is 0 Å². The molecular weight excluding hydrogens is 316 g/mol. The van der Waals surface area contributed by atoms with Crippen LogP contribution in [0, 0.1) is 0 Å². The third kappa shape index (κ3) is 14.0. The van der Waals surface area contributed by atoms with Crippen molar-refractivity contribution in [3.8, 4) is 0 Å². The highest BCUT2D eigenvalue weighted by atomic mass is 15.3. The van der Waals surface area contributed by atoms with Crippen LogP contribution < -0.4 is 0 Å². The predicted molar refractivity (Wildman–Crippen MR) is 118 cm³/mol. The molecule has 1 aliphatic heterocycles. The van der Waals surface area contributed by atoms with Gasteiger partial charge >= 0.3 is 0 Å². The van der Waals surface area contributed by atoms with Crippen LogP contribution in [-0.4, -0.2) is 42.6 Å². The van der Waals surface area contributed by atoms with Crippen molar-refractivity contribution in [1.29, 1.82) is 0 Å². The Balaban J connectivity index is 1.91. The maximum absolute atomic E-state index is 2.71. The lowest BCUT2D eigenvalue weighted by Gasteiger charge is -2.35. The van der Waals surface area contributed by atoms with Crippen LogP contribution in [-0.2, 0) is 0 Å². The summed E-state index contributed by atoms with van der Waals surface area (Å²) in [6.45, 7) is 11.2. The first-order valence-corrected chi connectivity index (χ1v) is 12.3. The monoisotopic (exact) mass is 366 g/mol. The smallest absolute Gasteiger partial charge is 0.0506 e. The lowest BCUT2D eigenvalue weighted by molar-refractivity contribution is 0.0829. The van der Waals surface area contributed by atoms with Gasteiger partial charge in [-0.3, -0.25) is 9.80 Å². The second-order valence-electron chi connectivity index (χ2n) is 8.68. The lowest BCUT2D eigenvalue weighted by Crippen LogP contribution is -2.45. The standard InChI is InChI=1S/C24H50N2/c1-3-5-7-9-11-13-15-17-20-25-22-19-23-26(24-25)21-18-16-14-12-10-8-6-4-2/h3-24H2,1-2H3. The summed E-state index contributed by atoms with van der Waals surface area (Å²) in [5, 5.41) is 0. The van der Waals surface area contributed by atoms with E-state index in [4.69, 9.17) is 0 Å². The SMILES string of the molecule is CCCCCCCCCCN1CCCN(CCCCCCCCCC)C1. The van der Waals surface area contributed by atoms with E-state index in [1.165, 1.54) is 142 Å². The fraction of sp³-hybridized carbons (Fsp3) is 1.00. The van der Waals surface area contributed by atoms with Gasteiger partial charge in [0.15, 0.2) is 0 Å². The quantitative estimate of drug-likeness (QED) is 0.236. The maximum atomic E-state index is 2.71. The summed E-state index contributed by atoms with van der Waals surface area (Å²) in [6.07, 6.45) is 24.4. The first-order chi connectivity index (χ1) is 12.9. The summed E-state index contributed by atoms with van der Waals surface area (Å²) in [4.78, 5) is 5.43. The van der Waals surface area contributed by atoms with Gasteiger partial charge in [0.2, 0.25) is 0 Å². The van der Waals surface area contributed by atoms with Crippen molar-refractivity contribution in [3.63, 3.8) is 0 Å². The number of nitrogens with zero attached hydrogens (tertiary/aromatic N) is 2. The minimum atomic E-state index is 1.24. The summed E-state index contributed by atoms with van der Waals surface area (Å²) in [5.41, 5.74) is 0. The summed E-state index contributed by atoms with van der Waals surface area (Å²) in [5.74, 6) is 0. The van der Waals surface area contributed by atoms with E-state index < -0.39 is 0 Å². The van der Waals surface area contributed by atoms with Crippen LogP contribution in [0.4, 0.5) is 0 Å². The molecule has 0 N–H and O–H groups in total.